The van der Waals surface area contributed by atoms with Crippen molar-refractivity contribution in [3.63, 3.8) is 0 Å². The van der Waals surface area contributed by atoms with Gasteiger partial charge in [-0.25, -0.2) is 0 Å². The number of carboxylic acid groups (broad SMARTS) is 1. The highest BCUT2D eigenvalue weighted by atomic mass is 16.4. The summed E-state index contributed by atoms with van der Waals surface area (Å²) in [5.74, 6) is -0.761. The zero-order valence-electron chi connectivity index (χ0n) is 9.98. The molecule has 3 heteroatoms. The Morgan fingerprint density at radius 1 is 1.29 bits per heavy atom. The van der Waals surface area contributed by atoms with E-state index in [1.54, 1.807) is 6.92 Å². The second-order valence-electron chi connectivity index (χ2n) is 5.30. The van der Waals surface area contributed by atoms with Crippen LogP contribution in [0.25, 0.3) is 0 Å². The van der Waals surface area contributed by atoms with Crippen LogP contribution < -0.4 is 5.32 Å². The predicted octanol–water partition coefficient (Wildman–Crippen LogP) is 2.27. The number of hydrogen-bond acceptors (Lipinski definition) is 2. The van der Waals surface area contributed by atoms with E-state index in [0.717, 1.165) is 13.0 Å². The van der Waals surface area contributed by atoms with Crippen molar-refractivity contribution >= 4 is 5.97 Å². The summed E-state index contributed by atoms with van der Waals surface area (Å²) in [5.41, 5.74) is -0.660. The Kier molecular flexibility index (Phi) is 4.59. The standard InChI is InChI=1S/C11H23NO2/c1-6-7-11(5,9(13)14)12-8-10(2,3)4/h12H,6-8H2,1-5H3,(H,13,14). The quantitative estimate of drug-likeness (QED) is 0.717. The maximum absolute atomic E-state index is 11.1. The van der Waals surface area contributed by atoms with E-state index >= 15 is 0 Å². The molecule has 1 unspecified atom stereocenters. The van der Waals surface area contributed by atoms with E-state index in [-0.39, 0.29) is 5.41 Å². The maximum atomic E-state index is 11.1. The summed E-state index contributed by atoms with van der Waals surface area (Å²) in [5, 5.41) is 12.2. The first-order valence-corrected chi connectivity index (χ1v) is 5.20. The molecule has 0 aliphatic rings. The Balaban J connectivity index is 4.31. The second kappa shape index (κ2) is 4.78. The van der Waals surface area contributed by atoms with Crippen LogP contribution in [0.2, 0.25) is 0 Å². The van der Waals surface area contributed by atoms with E-state index in [1.807, 2.05) is 6.92 Å². The molecule has 3 nitrogen and oxygen atoms in total. The van der Waals surface area contributed by atoms with Gasteiger partial charge in [0.25, 0.3) is 0 Å². The molecule has 0 fully saturated rings. The molecule has 0 aliphatic carbocycles. The van der Waals surface area contributed by atoms with Gasteiger partial charge in [0.2, 0.25) is 0 Å². The smallest absolute Gasteiger partial charge is 0.323 e. The van der Waals surface area contributed by atoms with Crippen LogP contribution in [0.1, 0.15) is 47.5 Å². The van der Waals surface area contributed by atoms with Crippen LogP contribution in [0.4, 0.5) is 0 Å². The third-order valence-electron chi connectivity index (χ3n) is 2.23. The second-order valence-corrected chi connectivity index (χ2v) is 5.30. The third-order valence-corrected chi connectivity index (χ3v) is 2.23. The van der Waals surface area contributed by atoms with Crippen molar-refractivity contribution < 1.29 is 9.90 Å². The van der Waals surface area contributed by atoms with Gasteiger partial charge in [-0.1, -0.05) is 34.1 Å². The molecule has 0 amide bonds. The molecule has 0 aromatic heterocycles. The van der Waals surface area contributed by atoms with Crippen LogP contribution in [0.15, 0.2) is 0 Å². The fraction of sp³-hybridized carbons (Fsp3) is 0.909. The van der Waals surface area contributed by atoms with E-state index in [1.165, 1.54) is 0 Å². The molecule has 84 valence electrons. The Morgan fingerprint density at radius 3 is 2.07 bits per heavy atom. The summed E-state index contributed by atoms with van der Waals surface area (Å²) in [4.78, 5) is 11.1. The summed E-state index contributed by atoms with van der Waals surface area (Å²) in [6.45, 7) is 10.7. The maximum Gasteiger partial charge on any atom is 0.323 e. The Morgan fingerprint density at radius 2 is 1.79 bits per heavy atom. The predicted molar refractivity (Wildman–Crippen MR) is 58.4 cm³/mol. The zero-order valence-corrected chi connectivity index (χ0v) is 9.98. The van der Waals surface area contributed by atoms with Gasteiger partial charge in [-0.15, -0.1) is 0 Å². The number of hydrogen-bond donors (Lipinski definition) is 2. The highest BCUT2D eigenvalue weighted by Gasteiger charge is 2.32. The van der Waals surface area contributed by atoms with Gasteiger partial charge in [0.05, 0.1) is 0 Å². The van der Waals surface area contributed by atoms with E-state index in [2.05, 4.69) is 26.1 Å². The van der Waals surface area contributed by atoms with Crippen molar-refractivity contribution in [1.29, 1.82) is 0 Å². The number of aliphatic carboxylic acids is 1. The molecule has 0 spiro atoms. The van der Waals surface area contributed by atoms with Crippen LogP contribution in [0.3, 0.4) is 0 Å². The topological polar surface area (TPSA) is 49.3 Å². The van der Waals surface area contributed by atoms with Crippen LogP contribution in [0.5, 0.6) is 0 Å². The summed E-state index contributed by atoms with van der Waals surface area (Å²) >= 11 is 0. The van der Waals surface area contributed by atoms with Gasteiger partial charge in [-0.05, 0) is 18.8 Å². The highest BCUT2D eigenvalue weighted by molar-refractivity contribution is 5.78. The molecular weight excluding hydrogens is 178 g/mol. The molecule has 0 aromatic carbocycles. The molecule has 1 atom stereocenters. The summed E-state index contributed by atoms with van der Waals surface area (Å²) in [7, 11) is 0. The lowest BCUT2D eigenvalue weighted by Gasteiger charge is -2.30. The molecular formula is C11H23NO2. The lowest BCUT2D eigenvalue weighted by Crippen LogP contribution is -2.51. The van der Waals surface area contributed by atoms with Crippen LogP contribution in [0, 0.1) is 5.41 Å². The molecule has 0 aromatic rings. The Hall–Kier alpha value is -0.570. The molecule has 2 N–H and O–H groups in total. The van der Waals surface area contributed by atoms with Crippen molar-refractivity contribution in [2.45, 2.75) is 53.0 Å². The van der Waals surface area contributed by atoms with Crippen LogP contribution >= 0.6 is 0 Å². The van der Waals surface area contributed by atoms with Gasteiger partial charge < -0.3 is 10.4 Å². The average molecular weight is 201 g/mol. The van der Waals surface area contributed by atoms with Gasteiger partial charge in [0.1, 0.15) is 5.54 Å². The van der Waals surface area contributed by atoms with Gasteiger partial charge >= 0.3 is 5.97 Å². The summed E-state index contributed by atoms with van der Waals surface area (Å²) in [6, 6.07) is 0. The number of carboxylic acids is 1. The summed E-state index contributed by atoms with van der Waals surface area (Å²) < 4.78 is 0. The zero-order chi connectivity index (χ0) is 11.4. The van der Waals surface area contributed by atoms with E-state index in [4.69, 9.17) is 5.11 Å². The SMILES string of the molecule is CCCC(C)(NCC(C)(C)C)C(=O)O. The number of nitrogens with one attached hydrogen (secondary N) is 1. The molecule has 0 rings (SSSR count). The number of carbonyl (C=O) groups is 1. The van der Waals surface area contributed by atoms with Crippen LogP contribution in [-0.2, 0) is 4.79 Å². The molecule has 0 saturated carbocycles. The van der Waals surface area contributed by atoms with Crippen molar-refractivity contribution in [1.82, 2.24) is 5.32 Å². The van der Waals surface area contributed by atoms with Crippen molar-refractivity contribution in [2.24, 2.45) is 5.41 Å². The lowest BCUT2D eigenvalue weighted by molar-refractivity contribution is -0.144. The van der Waals surface area contributed by atoms with Gasteiger partial charge in [0.15, 0.2) is 0 Å². The minimum atomic E-state index is -0.776. The molecule has 0 heterocycles. The minimum Gasteiger partial charge on any atom is -0.480 e. The Labute approximate surface area is 86.9 Å². The largest absolute Gasteiger partial charge is 0.480 e. The normalized spacial score (nSPS) is 16.4. The highest BCUT2D eigenvalue weighted by Crippen LogP contribution is 2.17. The van der Waals surface area contributed by atoms with Crippen molar-refractivity contribution in [3.8, 4) is 0 Å². The van der Waals surface area contributed by atoms with Gasteiger partial charge in [0, 0.05) is 6.54 Å². The first kappa shape index (κ1) is 13.4. The molecule has 0 aliphatic heterocycles. The Bertz CT molecular complexity index is 196. The first-order valence-electron chi connectivity index (χ1n) is 5.20. The lowest BCUT2D eigenvalue weighted by atomic mass is 9.91. The van der Waals surface area contributed by atoms with E-state index in [0.29, 0.717) is 6.42 Å². The van der Waals surface area contributed by atoms with Crippen LogP contribution in [-0.4, -0.2) is 23.2 Å². The summed E-state index contributed by atoms with van der Waals surface area (Å²) in [6.07, 6.45) is 1.54. The fourth-order valence-electron chi connectivity index (χ4n) is 1.23. The third kappa shape index (κ3) is 4.61. The molecule has 14 heavy (non-hydrogen) atoms. The van der Waals surface area contributed by atoms with Gasteiger partial charge in [-0.3, -0.25) is 4.79 Å². The number of rotatable bonds is 5. The minimum absolute atomic E-state index is 0.116. The molecule has 0 bridgehead atoms. The molecule has 0 saturated heterocycles. The van der Waals surface area contributed by atoms with Gasteiger partial charge in [-0.2, -0.15) is 0 Å². The van der Waals surface area contributed by atoms with E-state index < -0.39 is 11.5 Å². The van der Waals surface area contributed by atoms with Crippen molar-refractivity contribution in [2.75, 3.05) is 6.54 Å². The average Bonchev–Trinajstić information content (AvgIpc) is 2.00. The first-order chi connectivity index (χ1) is 6.21. The van der Waals surface area contributed by atoms with E-state index in [9.17, 15) is 4.79 Å². The fourth-order valence-corrected chi connectivity index (χ4v) is 1.23. The van der Waals surface area contributed by atoms with Crippen molar-refractivity contribution in [3.05, 3.63) is 0 Å². The monoisotopic (exact) mass is 201 g/mol. The molecule has 0 radical (unpaired) electrons.